The SMILES string of the molecule is C=C(C)C(=O)O.[CH2-]C.[Y]. The molecule has 0 aromatic carbocycles. The smallest absolute Gasteiger partial charge is 0.330 e. The predicted molar refractivity (Wildman–Crippen MR) is 33.5 cm³/mol. The molecular formula is C6H11O2Y-. The maximum Gasteiger partial charge on any atom is 0.330 e. The minimum atomic E-state index is -0.935. The molecule has 9 heavy (non-hydrogen) atoms. The first-order valence-corrected chi connectivity index (χ1v) is 2.24. The van der Waals surface area contributed by atoms with Crippen molar-refractivity contribution < 1.29 is 42.6 Å². The molecule has 51 valence electrons. The van der Waals surface area contributed by atoms with E-state index in [1.54, 1.807) is 6.92 Å². The average Bonchev–Trinajstić information content (AvgIpc) is 1.72. The van der Waals surface area contributed by atoms with E-state index < -0.39 is 5.97 Å². The zero-order valence-electron chi connectivity index (χ0n) is 5.85. The molecule has 0 amide bonds. The van der Waals surface area contributed by atoms with Crippen molar-refractivity contribution in [1.82, 2.24) is 0 Å². The Morgan fingerprint density at radius 3 is 1.67 bits per heavy atom. The molecule has 0 atom stereocenters. The first kappa shape index (κ1) is 16.1. The summed E-state index contributed by atoms with van der Waals surface area (Å²) in [5.74, 6) is -0.935. The van der Waals surface area contributed by atoms with Gasteiger partial charge in [0.05, 0.1) is 0 Å². The molecule has 1 N–H and O–H groups in total. The molecule has 0 aliphatic carbocycles. The summed E-state index contributed by atoms with van der Waals surface area (Å²) < 4.78 is 0. The van der Waals surface area contributed by atoms with Crippen molar-refractivity contribution in [3.63, 3.8) is 0 Å². The standard InChI is InChI=1S/C4H6O2.C2H5.Y/c1-3(2)4(5)6;1-2;/h1H2,2H3,(H,5,6);1H2,2H3;/q;-1;. The third kappa shape index (κ3) is 17.8. The first-order valence-electron chi connectivity index (χ1n) is 2.24. The topological polar surface area (TPSA) is 37.3 Å². The van der Waals surface area contributed by atoms with Crippen LogP contribution in [0.1, 0.15) is 13.8 Å². The van der Waals surface area contributed by atoms with Gasteiger partial charge in [-0.05, 0) is 6.92 Å². The van der Waals surface area contributed by atoms with E-state index in [9.17, 15) is 4.79 Å². The van der Waals surface area contributed by atoms with Crippen molar-refractivity contribution >= 4 is 5.97 Å². The molecule has 0 aliphatic rings. The van der Waals surface area contributed by atoms with E-state index in [2.05, 4.69) is 13.5 Å². The summed E-state index contributed by atoms with van der Waals surface area (Å²) >= 11 is 0. The van der Waals surface area contributed by atoms with Crippen LogP contribution in [0.15, 0.2) is 12.2 Å². The van der Waals surface area contributed by atoms with E-state index in [1.165, 1.54) is 6.92 Å². The molecular weight excluding hydrogens is 193 g/mol. The van der Waals surface area contributed by atoms with Gasteiger partial charge < -0.3 is 12.0 Å². The predicted octanol–water partition coefficient (Wildman–Crippen LogP) is 1.48. The Bertz CT molecular complexity index is 77.1. The Balaban J connectivity index is -0.000000109. The van der Waals surface area contributed by atoms with Crippen LogP contribution in [0, 0.1) is 6.92 Å². The van der Waals surface area contributed by atoms with Gasteiger partial charge in [-0.15, -0.1) is 0 Å². The average molecular weight is 204 g/mol. The van der Waals surface area contributed by atoms with Gasteiger partial charge >= 0.3 is 5.97 Å². The van der Waals surface area contributed by atoms with Gasteiger partial charge in [-0.25, -0.2) is 4.79 Å². The Morgan fingerprint density at radius 2 is 1.67 bits per heavy atom. The van der Waals surface area contributed by atoms with Crippen molar-refractivity contribution in [2.75, 3.05) is 0 Å². The molecule has 0 aliphatic heterocycles. The first-order chi connectivity index (χ1) is 3.64. The Morgan fingerprint density at radius 1 is 1.56 bits per heavy atom. The normalized spacial score (nSPS) is 5.67. The Hall–Kier alpha value is 0.314. The number of hydrogen-bond acceptors (Lipinski definition) is 1. The number of carboxylic acids is 1. The zero-order chi connectivity index (χ0) is 7.15. The molecule has 0 fully saturated rings. The van der Waals surface area contributed by atoms with Gasteiger partial charge in [-0.2, -0.15) is 6.92 Å². The van der Waals surface area contributed by atoms with Gasteiger partial charge in [0.15, 0.2) is 0 Å². The molecule has 0 aromatic rings. The van der Waals surface area contributed by atoms with E-state index in [0.717, 1.165) is 0 Å². The molecule has 3 heteroatoms. The molecule has 0 saturated heterocycles. The monoisotopic (exact) mass is 204 g/mol. The van der Waals surface area contributed by atoms with E-state index in [4.69, 9.17) is 5.11 Å². The van der Waals surface area contributed by atoms with Gasteiger partial charge in [0, 0.05) is 38.3 Å². The third-order valence-electron chi connectivity index (χ3n) is 0.365. The van der Waals surface area contributed by atoms with E-state index in [1.807, 2.05) is 0 Å². The third-order valence-corrected chi connectivity index (χ3v) is 0.365. The maximum atomic E-state index is 9.60. The maximum absolute atomic E-state index is 9.60. The van der Waals surface area contributed by atoms with Gasteiger partial charge in [0.2, 0.25) is 0 Å². The number of hydrogen-bond donors (Lipinski definition) is 1. The quantitative estimate of drug-likeness (QED) is 0.518. The molecule has 0 saturated carbocycles. The summed E-state index contributed by atoms with van der Waals surface area (Å²) in [6, 6.07) is 0. The van der Waals surface area contributed by atoms with Crippen molar-refractivity contribution in [2.24, 2.45) is 0 Å². The van der Waals surface area contributed by atoms with Gasteiger partial charge in [0.1, 0.15) is 0 Å². The fourth-order valence-electron chi connectivity index (χ4n) is 0. The number of carboxylic acid groups (broad SMARTS) is 1. The van der Waals surface area contributed by atoms with E-state index in [-0.39, 0.29) is 38.3 Å². The van der Waals surface area contributed by atoms with Gasteiger partial charge in [0.25, 0.3) is 0 Å². The summed E-state index contributed by atoms with van der Waals surface area (Å²) in [4.78, 5) is 9.60. The second-order valence-electron chi connectivity index (χ2n) is 1.09. The molecule has 1 radical (unpaired) electrons. The van der Waals surface area contributed by atoms with E-state index >= 15 is 0 Å². The molecule has 0 rings (SSSR count). The minimum absolute atomic E-state index is 0. The summed E-state index contributed by atoms with van der Waals surface area (Å²) in [6.07, 6.45) is 0. The second-order valence-corrected chi connectivity index (χ2v) is 1.09. The van der Waals surface area contributed by atoms with Crippen molar-refractivity contribution in [1.29, 1.82) is 0 Å². The van der Waals surface area contributed by atoms with Crippen molar-refractivity contribution in [3.05, 3.63) is 19.1 Å². The van der Waals surface area contributed by atoms with Crippen LogP contribution in [0.2, 0.25) is 0 Å². The summed E-state index contributed by atoms with van der Waals surface area (Å²) in [5, 5.41) is 7.89. The van der Waals surface area contributed by atoms with Gasteiger partial charge in [-0.3, -0.25) is 0 Å². The Kier molecular flexibility index (Phi) is 20.0. The van der Waals surface area contributed by atoms with Crippen molar-refractivity contribution in [3.8, 4) is 0 Å². The summed E-state index contributed by atoms with van der Waals surface area (Å²) in [5.41, 5.74) is 0.176. The summed E-state index contributed by atoms with van der Waals surface area (Å²) in [7, 11) is 0. The van der Waals surface area contributed by atoms with Crippen LogP contribution < -0.4 is 0 Å². The van der Waals surface area contributed by atoms with Crippen LogP contribution in [-0.4, -0.2) is 11.1 Å². The minimum Gasteiger partial charge on any atom is -0.478 e. The fraction of sp³-hybridized carbons (Fsp3) is 0.333. The second kappa shape index (κ2) is 11.2. The van der Waals surface area contributed by atoms with Crippen LogP contribution in [0.25, 0.3) is 0 Å². The number of rotatable bonds is 1. The largest absolute Gasteiger partial charge is 0.478 e. The van der Waals surface area contributed by atoms with Crippen molar-refractivity contribution in [2.45, 2.75) is 13.8 Å². The van der Waals surface area contributed by atoms with Crippen LogP contribution >= 0.6 is 0 Å². The van der Waals surface area contributed by atoms with Crippen LogP contribution in [-0.2, 0) is 37.5 Å². The number of carbonyl (C=O) groups is 1. The Labute approximate surface area is 81.2 Å². The molecule has 0 bridgehead atoms. The molecule has 0 unspecified atom stereocenters. The van der Waals surface area contributed by atoms with Crippen LogP contribution in [0.3, 0.4) is 0 Å². The van der Waals surface area contributed by atoms with Crippen LogP contribution in [0.5, 0.6) is 0 Å². The van der Waals surface area contributed by atoms with Gasteiger partial charge in [-0.1, -0.05) is 6.58 Å². The fourth-order valence-corrected chi connectivity index (χ4v) is 0. The van der Waals surface area contributed by atoms with E-state index in [0.29, 0.717) is 0 Å². The number of aliphatic carboxylic acids is 1. The molecule has 0 aromatic heterocycles. The molecule has 0 spiro atoms. The summed E-state index contributed by atoms with van der Waals surface area (Å²) in [6.45, 7) is 9.60. The molecule has 0 heterocycles. The molecule has 2 nitrogen and oxygen atoms in total. The van der Waals surface area contributed by atoms with Crippen LogP contribution in [0.4, 0.5) is 0 Å². The zero-order valence-corrected chi connectivity index (χ0v) is 8.69.